The van der Waals surface area contributed by atoms with Gasteiger partial charge >= 0.3 is 5.97 Å². The molecule has 0 heterocycles. The van der Waals surface area contributed by atoms with Gasteiger partial charge in [0.25, 0.3) is 0 Å². The monoisotopic (exact) mass is 318 g/mol. The highest BCUT2D eigenvalue weighted by Gasteiger charge is 3.03. The van der Waals surface area contributed by atoms with E-state index in [2.05, 4.69) is 0 Å². The molecule has 12 aliphatic rings. The van der Waals surface area contributed by atoms with Gasteiger partial charge in [-0.25, -0.2) is 0 Å². The average Bonchev–Trinajstić information content (AvgIpc) is 3.24. The molecule has 0 aromatic carbocycles. The highest BCUT2D eigenvalue weighted by Crippen LogP contribution is 3.04. The summed E-state index contributed by atoms with van der Waals surface area (Å²) in [5.74, 6) is 19.9. The van der Waals surface area contributed by atoms with Gasteiger partial charge in [0, 0.05) is 0 Å². The van der Waals surface area contributed by atoms with Crippen molar-refractivity contribution in [3.8, 4) is 0 Å². The number of esters is 1. The second-order valence-electron chi connectivity index (χ2n) is 12.2. The first-order chi connectivity index (χ1) is 11.8. The molecule has 0 spiro atoms. The summed E-state index contributed by atoms with van der Waals surface area (Å²) in [6.07, 6.45) is 0. The Morgan fingerprint density at radius 2 is 0.792 bits per heavy atom. The zero-order chi connectivity index (χ0) is 14.8. The van der Waals surface area contributed by atoms with Crippen LogP contribution in [-0.2, 0) is 9.53 Å². The second-order valence-corrected chi connectivity index (χ2v) is 12.2. The first-order valence-electron chi connectivity index (χ1n) is 10.9. The third-order valence-corrected chi connectivity index (χ3v) is 14.0. The molecule has 12 rings (SSSR count). The van der Waals surface area contributed by atoms with E-state index in [0.717, 1.165) is 107 Å². The van der Waals surface area contributed by atoms with Crippen LogP contribution in [0.1, 0.15) is 0 Å². The topological polar surface area (TPSA) is 26.3 Å². The lowest BCUT2D eigenvalue weighted by molar-refractivity contribution is -0.160. The van der Waals surface area contributed by atoms with Crippen molar-refractivity contribution >= 4 is 5.97 Å². The zero-order valence-electron chi connectivity index (χ0n) is 13.8. The first-order valence-corrected chi connectivity index (χ1v) is 10.9. The van der Waals surface area contributed by atoms with Crippen LogP contribution in [0, 0.1) is 118 Å². The lowest BCUT2D eigenvalue weighted by atomic mass is 9.66. The van der Waals surface area contributed by atoms with Crippen molar-refractivity contribution in [2.45, 2.75) is 0 Å². The Bertz CT molecular complexity index is 716. The van der Waals surface area contributed by atoms with Crippen molar-refractivity contribution in [2.75, 3.05) is 7.11 Å². The van der Waals surface area contributed by atoms with Gasteiger partial charge in [0.2, 0.25) is 0 Å². The highest BCUT2D eigenvalue weighted by molar-refractivity contribution is 5.82. The molecule has 12 saturated carbocycles. The second kappa shape index (κ2) is 2.34. The predicted octanol–water partition coefficient (Wildman–Crippen LogP) is 2.00. The fraction of sp³-hybridized carbons (Fsp3) is 0.955. The lowest BCUT2D eigenvalue weighted by Crippen LogP contribution is -2.43. The Labute approximate surface area is 141 Å². The number of ether oxygens (including phenoxy) is 1. The van der Waals surface area contributed by atoms with Crippen molar-refractivity contribution < 1.29 is 9.53 Å². The minimum absolute atomic E-state index is 0.0484. The van der Waals surface area contributed by atoms with Crippen molar-refractivity contribution in [1.29, 1.82) is 0 Å². The summed E-state index contributed by atoms with van der Waals surface area (Å²) in [6, 6.07) is 0. The van der Waals surface area contributed by atoms with Crippen LogP contribution in [0.4, 0.5) is 0 Å². The molecule has 0 aliphatic heterocycles. The molecule has 0 bridgehead atoms. The lowest BCUT2D eigenvalue weighted by Gasteiger charge is -2.37. The van der Waals surface area contributed by atoms with Crippen molar-refractivity contribution in [3.05, 3.63) is 0 Å². The first kappa shape index (κ1) is 10.6. The summed E-state index contributed by atoms with van der Waals surface area (Å²) >= 11 is 0. The maximum atomic E-state index is 13.5. The molecule has 24 heavy (non-hydrogen) atoms. The van der Waals surface area contributed by atoms with E-state index in [0.29, 0.717) is 5.97 Å². The molecule has 0 aromatic heterocycles. The van der Waals surface area contributed by atoms with Gasteiger partial charge in [0.05, 0.1) is 12.5 Å². The Hall–Kier alpha value is -0.530. The van der Waals surface area contributed by atoms with Crippen LogP contribution in [-0.4, -0.2) is 13.1 Å². The molecular weight excluding hydrogens is 296 g/mol. The normalized spacial score (nSPS) is 94.8. The van der Waals surface area contributed by atoms with Gasteiger partial charge in [-0.3, -0.25) is 4.79 Å². The molecule has 0 N–H and O–H groups in total. The van der Waals surface area contributed by atoms with Crippen molar-refractivity contribution in [3.63, 3.8) is 0 Å². The molecule has 2 nitrogen and oxygen atoms in total. The Balaban J connectivity index is 1.41. The minimum Gasteiger partial charge on any atom is -0.469 e. The predicted molar refractivity (Wildman–Crippen MR) is 80.8 cm³/mol. The largest absolute Gasteiger partial charge is 0.469 e. The number of carbonyl (C=O) groups is 1. The standard InChI is InChI=1S/C22H22O2/c1-24-21(23)22-18-12-6-3-2-4-8(6)14(18)16-10(4)11-5(2)9-7(3)13(12)19(22)15(9)17(11)20(16)22/h2-20H,1H3/t2?,3?,4?,5?,6-,7-,8-,9+,10+,11+,12-,13+,14+,15+,16-,17-,18?,19?,20?,22?/m0/s1. The van der Waals surface area contributed by atoms with Crippen LogP contribution < -0.4 is 0 Å². The molecule has 122 valence electrons. The fourth-order valence-electron chi connectivity index (χ4n) is 16.0. The molecule has 12 fully saturated rings. The molecular formula is C22H22O2. The third-order valence-electron chi connectivity index (χ3n) is 14.0. The van der Waals surface area contributed by atoms with Gasteiger partial charge in [0.15, 0.2) is 0 Å². The summed E-state index contributed by atoms with van der Waals surface area (Å²) in [6.45, 7) is 0. The van der Waals surface area contributed by atoms with E-state index in [1.165, 1.54) is 5.92 Å². The van der Waals surface area contributed by atoms with Crippen molar-refractivity contribution in [2.24, 2.45) is 118 Å². The fourth-order valence-corrected chi connectivity index (χ4v) is 16.0. The number of rotatable bonds is 1. The number of carbonyl (C=O) groups excluding carboxylic acids is 1. The van der Waals surface area contributed by atoms with Gasteiger partial charge in [-0.1, -0.05) is 0 Å². The SMILES string of the molecule is COC(=O)C12C3[C@@H]4[C@@H]5C6C7C8[C@@H]9[C@@H]6[C@@H]4C1[C@@H]9[C@@H]1C2[C@H]2[C@@H](C7[C@@H]5[C@@H]32)[C@H]81. The van der Waals surface area contributed by atoms with Gasteiger partial charge in [-0.2, -0.15) is 0 Å². The molecule has 0 aromatic rings. The quantitative estimate of drug-likeness (QED) is 0.691. The van der Waals surface area contributed by atoms with Gasteiger partial charge in [-0.05, 0) is 112 Å². The Kier molecular flexibility index (Phi) is 1.03. The van der Waals surface area contributed by atoms with Gasteiger partial charge in [0.1, 0.15) is 0 Å². The summed E-state index contributed by atoms with van der Waals surface area (Å²) < 4.78 is 5.65. The van der Waals surface area contributed by atoms with E-state index in [1.54, 1.807) is 7.11 Å². The smallest absolute Gasteiger partial charge is 0.312 e. The number of hydrogen-bond donors (Lipinski definition) is 0. The molecule has 0 amide bonds. The number of hydrogen-bond acceptors (Lipinski definition) is 2. The van der Waals surface area contributed by atoms with Crippen LogP contribution >= 0.6 is 0 Å². The van der Waals surface area contributed by atoms with Crippen LogP contribution in [0.5, 0.6) is 0 Å². The molecule has 2 heteroatoms. The van der Waals surface area contributed by atoms with Gasteiger partial charge < -0.3 is 4.74 Å². The van der Waals surface area contributed by atoms with Crippen LogP contribution in [0.3, 0.4) is 0 Å². The summed E-state index contributed by atoms with van der Waals surface area (Å²) in [4.78, 5) is 13.5. The van der Waals surface area contributed by atoms with E-state index in [-0.39, 0.29) is 5.41 Å². The molecule has 8 unspecified atom stereocenters. The van der Waals surface area contributed by atoms with E-state index >= 15 is 0 Å². The molecule has 0 radical (unpaired) electrons. The Morgan fingerprint density at radius 1 is 0.542 bits per heavy atom. The highest BCUT2D eigenvalue weighted by atomic mass is 16.5. The maximum absolute atomic E-state index is 13.5. The van der Waals surface area contributed by atoms with Crippen molar-refractivity contribution in [1.82, 2.24) is 0 Å². The van der Waals surface area contributed by atoms with Gasteiger partial charge in [-0.15, -0.1) is 0 Å². The third kappa shape index (κ3) is 0.505. The maximum Gasteiger partial charge on any atom is 0.312 e. The van der Waals surface area contributed by atoms with E-state index in [9.17, 15) is 4.79 Å². The summed E-state index contributed by atoms with van der Waals surface area (Å²) in [5, 5.41) is 0. The molecule has 0 saturated heterocycles. The minimum atomic E-state index is 0.0484. The molecule has 20 atom stereocenters. The molecule has 12 aliphatic carbocycles. The van der Waals surface area contributed by atoms with E-state index in [4.69, 9.17) is 4.74 Å². The Morgan fingerprint density at radius 3 is 1.04 bits per heavy atom. The van der Waals surface area contributed by atoms with Crippen LogP contribution in [0.15, 0.2) is 0 Å². The number of methoxy groups -OCH3 is 1. The summed E-state index contributed by atoms with van der Waals surface area (Å²) in [5.41, 5.74) is 0.0484. The zero-order valence-corrected chi connectivity index (χ0v) is 13.8. The van der Waals surface area contributed by atoms with Crippen LogP contribution in [0.25, 0.3) is 0 Å². The van der Waals surface area contributed by atoms with E-state index < -0.39 is 0 Å². The average molecular weight is 318 g/mol. The van der Waals surface area contributed by atoms with E-state index in [1.807, 2.05) is 0 Å². The van der Waals surface area contributed by atoms with Crippen LogP contribution in [0.2, 0.25) is 0 Å². The summed E-state index contributed by atoms with van der Waals surface area (Å²) in [7, 11) is 1.71.